The Morgan fingerprint density at radius 3 is 3.05 bits per heavy atom. The summed E-state index contributed by atoms with van der Waals surface area (Å²) in [6.45, 7) is 2.91. The van der Waals surface area contributed by atoms with E-state index in [1.54, 1.807) is 18.3 Å². The van der Waals surface area contributed by atoms with Gasteiger partial charge in [-0.05, 0) is 18.6 Å². The van der Waals surface area contributed by atoms with Crippen molar-refractivity contribution in [1.82, 2.24) is 9.71 Å². The Morgan fingerprint density at radius 1 is 1.58 bits per heavy atom. The summed E-state index contributed by atoms with van der Waals surface area (Å²) in [5.41, 5.74) is 0.652. The van der Waals surface area contributed by atoms with E-state index >= 15 is 0 Å². The van der Waals surface area contributed by atoms with E-state index in [-0.39, 0.29) is 12.6 Å². The lowest BCUT2D eigenvalue weighted by atomic mass is 10.2. The Balaban J connectivity index is 2.61. The van der Waals surface area contributed by atoms with Gasteiger partial charge in [0.25, 0.3) is 0 Å². The Hall–Kier alpha value is -1.11. The first kappa shape index (κ1) is 15.9. The first-order chi connectivity index (χ1) is 9.29. The van der Waals surface area contributed by atoms with Crippen molar-refractivity contribution < 1.29 is 14.6 Å². The minimum atomic E-state index is -0.510. The molecule has 0 spiro atoms. The minimum Gasteiger partial charge on any atom is -0.465 e. The van der Waals surface area contributed by atoms with Gasteiger partial charge in [0.15, 0.2) is 5.25 Å². The number of aliphatic hydroxyl groups excluding tert-OH is 1. The topological polar surface area (TPSA) is 71.5 Å². The van der Waals surface area contributed by atoms with E-state index in [1.807, 2.05) is 13.0 Å². The van der Waals surface area contributed by atoms with Crippen LogP contribution < -0.4 is 4.72 Å². The molecule has 2 N–H and O–H groups in total. The van der Waals surface area contributed by atoms with Crippen LogP contribution in [0.1, 0.15) is 30.7 Å². The second-order valence-corrected chi connectivity index (χ2v) is 4.89. The van der Waals surface area contributed by atoms with Gasteiger partial charge >= 0.3 is 5.97 Å². The van der Waals surface area contributed by atoms with Crippen molar-refractivity contribution in [2.24, 2.45) is 0 Å². The summed E-state index contributed by atoms with van der Waals surface area (Å²) in [6.07, 6.45) is 3.49. The Labute approximate surface area is 117 Å². The van der Waals surface area contributed by atoms with Crippen LogP contribution in [0.2, 0.25) is 0 Å². The highest BCUT2D eigenvalue weighted by Crippen LogP contribution is 2.26. The van der Waals surface area contributed by atoms with E-state index in [0.29, 0.717) is 18.8 Å². The Morgan fingerprint density at radius 2 is 2.42 bits per heavy atom. The van der Waals surface area contributed by atoms with Gasteiger partial charge in [0.1, 0.15) is 0 Å². The van der Waals surface area contributed by atoms with Crippen molar-refractivity contribution in [2.75, 3.05) is 19.8 Å². The molecule has 0 bridgehead atoms. The van der Waals surface area contributed by atoms with Crippen molar-refractivity contribution in [3.05, 3.63) is 30.1 Å². The van der Waals surface area contributed by atoms with E-state index in [9.17, 15) is 4.79 Å². The Bertz CT molecular complexity index is 362. The number of carbonyl (C=O) groups is 1. The number of nitrogens with one attached hydrogen (secondary N) is 1. The van der Waals surface area contributed by atoms with E-state index in [2.05, 4.69) is 9.71 Å². The molecule has 1 aromatic rings. The predicted octanol–water partition coefficient (Wildman–Crippen LogP) is 1.70. The molecule has 0 aliphatic rings. The second-order valence-electron chi connectivity index (χ2n) is 3.89. The maximum absolute atomic E-state index is 12.0. The highest BCUT2D eigenvalue weighted by molar-refractivity contribution is 7.98. The third-order valence-electron chi connectivity index (χ3n) is 2.33. The molecule has 0 radical (unpaired) electrons. The molecule has 106 valence electrons. The molecule has 1 rings (SSSR count). The number of esters is 1. The summed E-state index contributed by atoms with van der Waals surface area (Å²) in [7, 11) is 0. The number of hydrogen-bond acceptors (Lipinski definition) is 6. The highest BCUT2D eigenvalue weighted by Gasteiger charge is 2.24. The maximum Gasteiger partial charge on any atom is 0.326 e. The van der Waals surface area contributed by atoms with Gasteiger partial charge in [0.05, 0.1) is 18.9 Å². The van der Waals surface area contributed by atoms with Gasteiger partial charge in [-0.15, -0.1) is 0 Å². The number of carbonyl (C=O) groups excluding carboxylic acids is 1. The average Bonchev–Trinajstić information content (AvgIpc) is 2.45. The van der Waals surface area contributed by atoms with Crippen molar-refractivity contribution in [1.29, 1.82) is 0 Å². The normalized spacial score (nSPS) is 12.1. The lowest BCUT2D eigenvalue weighted by Gasteiger charge is -2.15. The second kappa shape index (κ2) is 9.77. The number of rotatable bonds is 9. The van der Waals surface area contributed by atoms with Crippen molar-refractivity contribution in [3.8, 4) is 0 Å². The standard InChI is InChI=1S/C13H20N2O3S/c1-2-3-10-18-13(17)12(19-15-8-9-16)11-6-4-5-7-14-11/h4-7,12,15-16H,2-3,8-10H2,1H3. The van der Waals surface area contributed by atoms with Crippen LogP contribution in [-0.2, 0) is 9.53 Å². The quantitative estimate of drug-likeness (QED) is 0.408. The predicted molar refractivity (Wildman–Crippen MR) is 75.5 cm³/mol. The number of hydrogen-bond donors (Lipinski definition) is 2. The molecule has 0 aromatic carbocycles. The zero-order valence-corrected chi connectivity index (χ0v) is 11.9. The van der Waals surface area contributed by atoms with Gasteiger partial charge in [-0.25, -0.2) is 0 Å². The largest absolute Gasteiger partial charge is 0.465 e. The highest BCUT2D eigenvalue weighted by atomic mass is 32.2. The first-order valence-electron chi connectivity index (χ1n) is 6.36. The molecule has 1 unspecified atom stereocenters. The zero-order chi connectivity index (χ0) is 13.9. The molecule has 0 aliphatic heterocycles. The summed E-state index contributed by atoms with van der Waals surface area (Å²) in [6, 6.07) is 5.43. The van der Waals surface area contributed by atoms with Crippen LogP contribution in [0.4, 0.5) is 0 Å². The van der Waals surface area contributed by atoms with E-state index in [4.69, 9.17) is 9.84 Å². The molecule has 19 heavy (non-hydrogen) atoms. The lowest BCUT2D eigenvalue weighted by Crippen LogP contribution is -2.20. The van der Waals surface area contributed by atoms with E-state index in [0.717, 1.165) is 12.8 Å². The van der Waals surface area contributed by atoms with Crippen molar-refractivity contribution in [3.63, 3.8) is 0 Å². The fourth-order valence-corrected chi connectivity index (χ4v) is 2.14. The van der Waals surface area contributed by atoms with Crippen LogP contribution in [0.5, 0.6) is 0 Å². The van der Waals surface area contributed by atoms with Crippen LogP contribution in [0, 0.1) is 0 Å². The number of nitrogens with zero attached hydrogens (tertiary/aromatic N) is 1. The molecule has 0 aliphatic carbocycles. The number of unbranched alkanes of at least 4 members (excludes halogenated alkanes) is 1. The molecule has 0 saturated carbocycles. The number of pyridine rings is 1. The van der Waals surface area contributed by atoms with Gasteiger partial charge in [0, 0.05) is 12.7 Å². The van der Waals surface area contributed by atoms with E-state index in [1.165, 1.54) is 11.9 Å². The zero-order valence-electron chi connectivity index (χ0n) is 11.0. The molecule has 1 heterocycles. The van der Waals surface area contributed by atoms with Crippen LogP contribution >= 0.6 is 11.9 Å². The number of aliphatic hydroxyl groups is 1. The summed E-state index contributed by atoms with van der Waals surface area (Å²) < 4.78 is 8.16. The molecule has 0 amide bonds. The van der Waals surface area contributed by atoms with Crippen LogP contribution in [0.15, 0.2) is 24.4 Å². The summed E-state index contributed by atoms with van der Waals surface area (Å²) >= 11 is 1.22. The smallest absolute Gasteiger partial charge is 0.326 e. The van der Waals surface area contributed by atoms with Crippen LogP contribution in [0.3, 0.4) is 0 Å². The third-order valence-corrected chi connectivity index (χ3v) is 3.37. The molecule has 1 atom stereocenters. The van der Waals surface area contributed by atoms with Gasteiger partial charge in [-0.1, -0.05) is 31.4 Å². The minimum absolute atomic E-state index is 0.0207. The van der Waals surface area contributed by atoms with Gasteiger partial charge in [0.2, 0.25) is 0 Å². The monoisotopic (exact) mass is 284 g/mol. The van der Waals surface area contributed by atoms with E-state index < -0.39 is 5.25 Å². The molecule has 0 fully saturated rings. The summed E-state index contributed by atoms with van der Waals surface area (Å²) in [4.78, 5) is 16.2. The number of ether oxygens (including phenoxy) is 1. The summed E-state index contributed by atoms with van der Waals surface area (Å²) in [5, 5.41) is 8.24. The van der Waals surface area contributed by atoms with Crippen LogP contribution in [0.25, 0.3) is 0 Å². The number of aromatic nitrogens is 1. The fraction of sp³-hybridized carbons (Fsp3) is 0.538. The SMILES string of the molecule is CCCCOC(=O)C(SNCCO)c1ccccn1. The maximum atomic E-state index is 12.0. The van der Waals surface area contributed by atoms with Crippen LogP contribution in [-0.4, -0.2) is 35.8 Å². The van der Waals surface area contributed by atoms with Crippen molar-refractivity contribution in [2.45, 2.75) is 25.0 Å². The lowest BCUT2D eigenvalue weighted by molar-refractivity contribution is -0.143. The molecular formula is C13H20N2O3S. The van der Waals surface area contributed by atoms with Gasteiger partial charge in [-0.3, -0.25) is 14.5 Å². The average molecular weight is 284 g/mol. The first-order valence-corrected chi connectivity index (χ1v) is 7.24. The van der Waals surface area contributed by atoms with Crippen molar-refractivity contribution >= 4 is 17.9 Å². The third kappa shape index (κ3) is 6.04. The molecule has 1 aromatic heterocycles. The molecule has 0 saturated heterocycles. The van der Waals surface area contributed by atoms with Gasteiger partial charge in [-0.2, -0.15) is 0 Å². The fourth-order valence-electron chi connectivity index (χ4n) is 1.34. The molecule has 5 nitrogen and oxygen atoms in total. The Kier molecular flexibility index (Phi) is 8.20. The molecule has 6 heteroatoms. The van der Waals surface area contributed by atoms with Gasteiger partial charge < -0.3 is 9.84 Å². The summed E-state index contributed by atoms with van der Waals surface area (Å²) in [5.74, 6) is -0.303. The molecular weight excluding hydrogens is 264 g/mol.